The van der Waals surface area contributed by atoms with Crippen molar-refractivity contribution in [3.05, 3.63) is 60.8 Å². The van der Waals surface area contributed by atoms with Crippen molar-refractivity contribution in [1.82, 2.24) is 0 Å². The van der Waals surface area contributed by atoms with Crippen LogP contribution in [-0.2, 0) is 9.68 Å². The zero-order valence-electron chi connectivity index (χ0n) is 14.5. The smallest absolute Gasteiger partial charge is 0.303 e. The highest BCUT2D eigenvalue weighted by atomic mass is 17.1. The molecular weight excluding hydrogens is 304 g/mol. The van der Waals surface area contributed by atoms with Crippen molar-refractivity contribution in [1.29, 1.82) is 0 Å². The van der Waals surface area contributed by atoms with Crippen molar-refractivity contribution in [2.75, 3.05) is 0 Å². The van der Waals surface area contributed by atoms with Crippen LogP contribution in [0.4, 0.5) is 0 Å². The molecule has 2 N–H and O–H groups in total. The van der Waals surface area contributed by atoms with Crippen LogP contribution in [0.5, 0.6) is 0 Å². The van der Waals surface area contributed by atoms with Crippen LogP contribution < -0.4 is 0 Å². The average molecular weight is 334 g/mol. The number of carboxylic acid groups (broad SMARTS) is 1. The fraction of sp³-hybridized carbons (Fsp3) is 0.450. The van der Waals surface area contributed by atoms with Crippen LogP contribution >= 0.6 is 0 Å². The quantitative estimate of drug-likeness (QED) is 0.191. The molecule has 24 heavy (non-hydrogen) atoms. The molecule has 1 atom stereocenters. The van der Waals surface area contributed by atoms with Crippen molar-refractivity contribution in [3.8, 4) is 0 Å². The lowest BCUT2D eigenvalue weighted by molar-refractivity contribution is -0.267. The minimum atomic E-state index is -0.838. The summed E-state index contributed by atoms with van der Waals surface area (Å²) in [5, 5.41) is 17.3. The van der Waals surface area contributed by atoms with E-state index in [2.05, 4.69) is 48.3 Å². The van der Waals surface area contributed by atoms with Gasteiger partial charge in [-0.1, -0.05) is 67.7 Å². The lowest BCUT2D eigenvalue weighted by Gasteiger charge is -2.06. The molecule has 0 fully saturated rings. The molecule has 0 radical (unpaired) electrons. The third kappa shape index (κ3) is 16.5. The molecule has 0 aromatic heterocycles. The second-order valence-electron chi connectivity index (χ2n) is 5.27. The van der Waals surface area contributed by atoms with Gasteiger partial charge in [0, 0.05) is 6.42 Å². The Balaban J connectivity index is 3.79. The van der Waals surface area contributed by atoms with Crippen LogP contribution in [0.2, 0.25) is 0 Å². The van der Waals surface area contributed by atoms with Gasteiger partial charge in [-0.2, -0.15) is 0 Å². The largest absolute Gasteiger partial charge is 0.481 e. The van der Waals surface area contributed by atoms with E-state index in [1.165, 1.54) is 0 Å². The monoisotopic (exact) mass is 334 g/mol. The highest BCUT2D eigenvalue weighted by Crippen LogP contribution is 2.06. The van der Waals surface area contributed by atoms with Gasteiger partial charge in [-0.3, -0.25) is 10.1 Å². The molecule has 134 valence electrons. The highest BCUT2D eigenvalue weighted by molar-refractivity contribution is 5.66. The molecule has 0 amide bonds. The first-order valence-corrected chi connectivity index (χ1v) is 8.51. The van der Waals surface area contributed by atoms with Crippen LogP contribution in [0.25, 0.3) is 0 Å². The lowest BCUT2D eigenvalue weighted by Crippen LogP contribution is -2.08. The van der Waals surface area contributed by atoms with Gasteiger partial charge < -0.3 is 5.11 Å². The number of allylic oxidation sites excluding steroid dienone is 9. The summed E-state index contributed by atoms with van der Waals surface area (Å²) < 4.78 is 0. The van der Waals surface area contributed by atoms with Gasteiger partial charge in [0.25, 0.3) is 0 Å². The summed E-state index contributed by atoms with van der Waals surface area (Å²) in [7, 11) is 0. The molecule has 1 unspecified atom stereocenters. The molecule has 0 aliphatic rings. The Labute approximate surface area is 145 Å². The molecular formula is C20H30O4. The van der Waals surface area contributed by atoms with Crippen molar-refractivity contribution in [2.24, 2.45) is 0 Å². The summed E-state index contributed by atoms with van der Waals surface area (Å²) in [5.74, 6) is -0.838. The minimum Gasteiger partial charge on any atom is -0.481 e. The zero-order valence-corrected chi connectivity index (χ0v) is 14.5. The Morgan fingerprint density at radius 1 is 0.958 bits per heavy atom. The summed E-state index contributed by atoms with van der Waals surface area (Å²) in [5.41, 5.74) is 0. The molecule has 0 heterocycles. The Bertz CT molecular complexity index is 445. The maximum atomic E-state index is 10.4. The third-order valence-electron chi connectivity index (χ3n) is 3.14. The first-order valence-electron chi connectivity index (χ1n) is 8.51. The Hall–Kier alpha value is -1.91. The summed E-state index contributed by atoms with van der Waals surface area (Å²) in [6.07, 6.45) is 24.7. The van der Waals surface area contributed by atoms with Gasteiger partial charge in [0.1, 0.15) is 6.10 Å². The van der Waals surface area contributed by atoms with Gasteiger partial charge in [0.15, 0.2) is 0 Å². The molecule has 0 bridgehead atoms. The predicted molar refractivity (Wildman–Crippen MR) is 98.8 cm³/mol. The maximum absolute atomic E-state index is 10.4. The highest BCUT2D eigenvalue weighted by Gasteiger charge is 2.05. The lowest BCUT2D eigenvalue weighted by atomic mass is 10.1. The standard InChI is InChI=1S/C20H30O4/c1-2-3-4-5-6-7-8-9-10-11-12-13-14-16-19(24-23)17-15-18-20(21)22/h3-4,6-7,9-10,12-14,16,19,23H,2,5,8,11,15,17-18H2,1H3,(H,21,22)/b4-3-,7-6-,10-9-,13-12-,16-14+. The molecule has 4 nitrogen and oxygen atoms in total. The van der Waals surface area contributed by atoms with E-state index in [0.717, 1.165) is 25.7 Å². The average Bonchev–Trinajstić information content (AvgIpc) is 2.57. The van der Waals surface area contributed by atoms with E-state index in [1.807, 2.05) is 12.2 Å². The molecule has 0 aliphatic carbocycles. The summed E-state index contributed by atoms with van der Waals surface area (Å²) >= 11 is 0. The molecule has 0 aliphatic heterocycles. The normalized spacial score (nSPS) is 14.1. The fourth-order valence-electron chi connectivity index (χ4n) is 1.87. The van der Waals surface area contributed by atoms with Gasteiger partial charge in [-0.15, -0.1) is 0 Å². The molecule has 0 aromatic carbocycles. The van der Waals surface area contributed by atoms with Gasteiger partial charge in [0.05, 0.1) is 0 Å². The fourth-order valence-corrected chi connectivity index (χ4v) is 1.87. The second-order valence-corrected chi connectivity index (χ2v) is 5.27. The Kier molecular flexibility index (Phi) is 16.1. The molecule has 0 saturated carbocycles. The van der Waals surface area contributed by atoms with Gasteiger partial charge in [0.2, 0.25) is 0 Å². The van der Waals surface area contributed by atoms with E-state index < -0.39 is 12.1 Å². The molecule has 0 aromatic rings. The summed E-state index contributed by atoms with van der Waals surface area (Å²) in [6, 6.07) is 0. The van der Waals surface area contributed by atoms with Crippen LogP contribution in [0.15, 0.2) is 60.8 Å². The van der Waals surface area contributed by atoms with Crippen LogP contribution in [0, 0.1) is 0 Å². The van der Waals surface area contributed by atoms with Gasteiger partial charge >= 0.3 is 5.97 Å². The van der Waals surface area contributed by atoms with E-state index in [4.69, 9.17) is 10.4 Å². The van der Waals surface area contributed by atoms with E-state index in [0.29, 0.717) is 12.8 Å². The maximum Gasteiger partial charge on any atom is 0.303 e. The molecule has 4 heteroatoms. The van der Waals surface area contributed by atoms with Crippen molar-refractivity contribution in [3.63, 3.8) is 0 Å². The number of hydrogen-bond acceptors (Lipinski definition) is 3. The summed E-state index contributed by atoms with van der Waals surface area (Å²) in [4.78, 5) is 14.7. The SMILES string of the molecule is CC/C=C\C/C=C\C/C=C\C/C=C\C=C\C(CCCC(=O)O)OO. The number of carbonyl (C=O) groups is 1. The number of hydrogen-bond donors (Lipinski definition) is 2. The van der Waals surface area contributed by atoms with E-state index in [-0.39, 0.29) is 6.42 Å². The van der Waals surface area contributed by atoms with Crippen LogP contribution in [-0.4, -0.2) is 22.4 Å². The third-order valence-corrected chi connectivity index (χ3v) is 3.14. The summed E-state index contributed by atoms with van der Waals surface area (Å²) in [6.45, 7) is 2.13. The van der Waals surface area contributed by atoms with Crippen LogP contribution in [0.1, 0.15) is 51.9 Å². The Morgan fingerprint density at radius 3 is 2.08 bits per heavy atom. The first-order chi connectivity index (χ1) is 11.7. The number of rotatable bonds is 14. The number of carboxylic acids is 1. The molecule has 0 saturated heterocycles. The van der Waals surface area contributed by atoms with Gasteiger partial charge in [-0.25, -0.2) is 4.89 Å². The number of aliphatic carboxylic acids is 1. The van der Waals surface area contributed by atoms with Crippen molar-refractivity contribution < 1.29 is 20.0 Å². The van der Waals surface area contributed by atoms with E-state index in [1.54, 1.807) is 12.2 Å². The van der Waals surface area contributed by atoms with Crippen LogP contribution in [0.3, 0.4) is 0 Å². The molecule has 0 spiro atoms. The topological polar surface area (TPSA) is 66.8 Å². The Morgan fingerprint density at radius 2 is 1.54 bits per heavy atom. The second kappa shape index (κ2) is 17.4. The molecule has 0 rings (SSSR count). The minimum absolute atomic E-state index is 0.0810. The zero-order chi connectivity index (χ0) is 17.9. The van der Waals surface area contributed by atoms with Crippen molar-refractivity contribution >= 4 is 5.97 Å². The van der Waals surface area contributed by atoms with Crippen molar-refractivity contribution in [2.45, 2.75) is 58.0 Å². The van der Waals surface area contributed by atoms with E-state index in [9.17, 15) is 4.79 Å². The first kappa shape index (κ1) is 22.1. The van der Waals surface area contributed by atoms with E-state index >= 15 is 0 Å². The van der Waals surface area contributed by atoms with Gasteiger partial charge in [-0.05, 0) is 38.5 Å². The predicted octanol–water partition coefficient (Wildman–Crippen LogP) is 5.46.